The van der Waals surface area contributed by atoms with Crippen molar-refractivity contribution in [3.05, 3.63) is 89.5 Å². The van der Waals surface area contributed by atoms with Gasteiger partial charge in [0.2, 0.25) is 0 Å². The Labute approximate surface area is 220 Å². The van der Waals surface area contributed by atoms with Crippen LogP contribution in [0.5, 0.6) is 17.2 Å². The molecule has 1 N–H and O–H groups in total. The maximum Gasteiger partial charge on any atom is 0.150 e. The molecular formula is C30H28ClF2NO3. The summed E-state index contributed by atoms with van der Waals surface area (Å²) < 4.78 is 41.3. The number of fused-ring (bicyclic) bond motifs is 5. The van der Waals surface area contributed by atoms with Crippen molar-refractivity contribution in [2.75, 3.05) is 26.2 Å². The molecule has 7 heteroatoms. The second kappa shape index (κ2) is 10.6. The second-order valence-electron chi connectivity index (χ2n) is 9.51. The number of hydrogen-bond donors (Lipinski definition) is 1. The molecular weight excluding hydrogens is 496 g/mol. The predicted octanol–water partition coefficient (Wildman–Crippen LogP) is 7.26. The van der Waals surface area contributed by atoms with Gasteiger partial charge >= 0.3 is 0 Å². The minimum atomic E-state index is -0.684. The molecule has 0 amide bonds. The molecule has 4 nitrogen and oxygen atoms in total. The zero-order valence-electron chi connectivity index (χ0n) is 20.3. The molecule has 1 saturated heterocycles. The summed E-state index contributed by atoms with van der Waals surface area (Å²) >= 11 is 0. The molecule has 2 aliphatic rings. The molecule has 0 saturated carbocycles. The number of halogens is 3. The summed E-state index contributed by atoms with van der Waals surface area (Å²) in [5.74, 6) is -0.260. The first kappa shape index (κ1) is 25.3. The van der Waals surface area contributed by atoms with Gasteiger partial charge in [0.15, 0.2) is 6.10 Å². The molecule has 0 aliphatic carbocycles. The summed E-state index contributed by atoms with van der Waals surface area (Å²) in [5, 5.41) is 11.6. The van der Waals surface area contributed by atoms with Gasteiger partial charge in [-0.15, -0.1) is 12.4 Å². The highest BCUT2D eigenvalue weighted by atomic mass is 35.5. The van der Waals surface area contributed by atoms with Crippen molar-refractivity contribution >= 4 is 23.2 Å². The summed E-state index contributed by atoms with van der Waals surface area (Å²) in [5.41, 5.74) is 2.52. The average Bonchev–Trinajstić information content (AvgIpc) is 2.88. The highest BCUT2D eigenvalue weighted by Crippen LogP contribution is 2.49. The van der Waals surface area contributed by atoms with Crippen LogP contribution in [0, 0.1) is 11.6 Å². The molecule has 0 spiro atoms. The van der Waals surface area contributed by atoms with Crippen molar-refractivity contribution in [2.45, 2.75) is 25.4 Å². The van der Waals surface area contributed by atoms with Crippen molar-refractivity contribution < 1.29 is 23.4 Å². The van der Waals surface area contributed by atoms with Crippen LogP contribution in [0.3, 0.4) is 0 Å². The summed E-state index contributed by atoms with van der Waals surface area (Å²) in [7, 11) is 0. The predicted molar refractivity (Wildman–Crippen MR) is 143 cm³/mol. The molecule has 2 aliphatic heterocycles. The second-order valence-corrected chi connectivity index (χ2v) is 9.51. The van der Waals surface area contributed by atoms with Gasteiger partial charge in [0.25, 0.3) is 0 Å². The van der Waals surface area contributed by atoms with Crippen LogP contribution in [0.4, 0.5) is 8.78 Å². The van der Waals surface area contributed by atoms with E-state index in [2.05, 4.69) is 4.90 Å². The summed E-state index contributed by atoms with van der Waals surface area (Å²) in [6.45, 7) is 3.81. The van der Waals surface area contributed by atoms with Crippen molar-refractivity contribution in [1.29, 1.82) is 0 Å². The quantitative estimate of drug-likeness (QED) is 0.299. The Kier molecular flexibility index (Phi) is 7.22. The minimum Gasteiger partial charge on any atom is -0.508 e. The highest BCUT2D eigenvalue weighted by molar-refractivity contribution is 5.95. The molecule has 4 aromatic carbocycles. The smallest absolute Gasteiger partial charge is 0.150 e. The maximum atomic E-state index is 14.9. The van der Waals surface area contributed by atoms with Crippen molar-refractivity contribution in [2.24, 2.45) is 0 Å². The van der Waals surface area contributed by atoms with Gasteiger partial charge in [-0.3, -0.25) is 4.90 Å². The van der Waals surface area contributed by atoms with E-state index in [-0.39, 0.29) is 29.5 Å². The van der Waals surface area contributed by atoms with Gasteiger partial charge in [-0.1, -0.05) is 36.8 Å². The van der Waals surface area contributed by atoms with Crippen LogP contribution >= 0.6 is 12.4 Å². The normalized spacial score (nSPS) is 16.9. The Morgan fingerprint density at radius 2 is 1.70 bits per heavy atom. The van der Waals surface area contributed by atoms with Gasteiger partial charge < -0.3 is 14.6 Å². The summed E-state index contributed by atoms with van der Waals surface area (Å²) in [4.78, 5) is 2.43. The van der Waals surface area contributed by atoms with Gasteiger partial charge in [0.1, 0.15) is 35.5 Å². The van der Waals surface area contributed by atoms with E-state index >= 15 is 0 Å². The van der Waals surface area contributed by atoms with E-state index in [0.29, 0.717) is 12.2 Å². The number of ether oxygens (including phenoxy) is 2. The van der Waals surface area contributed by atoms with Gasteiger partial charge in [-0.25, -0.2) is 8.78 Å². The SMILES string of the molecule is Cl.Oc1ccc2c3c(ccc2c1)-c1c(F)cc(F)cc1OC3c1ccc(OCCN2CCCCC2)cc1. The monoisotopic (exact) mass is 523 g/mol. The van der Waals surface area contributed by atoms with Crippen molar-refractivity contribution in [1.82, 2.24) is 4.90 Å². The average molecular weight is 524 g/mol. The van der Waals surface area contributed by atoms with Crippen molar-refractivity contribution in [3.63, 3.8) is 0 Å². The number of benzene rings is 4. The van der Waals surface area contributed by atoms with Crippen LogP contribution in [-0.2, 0) is 0 Å². The van der Waals surface area contributed by atoms with Gasteiger partial charge in [0, 0.05) is 24.2 Å². The lowest BCUT2D eigenvalue weighted by atomic mass is 9.85. The molecule has 0 radical (unpaired) electrons. The number of phenolic OH excluding ortho intramolecular Hbond substituents is 1. The number of aromatic hydroxyl groups is 1. The Morgan fingerprint density at radius 1 is 0.919 bits per heavy atom. The molecule has 1 atom stereocenters. The van der Waals surface area contributed by atoms with Crippen LogP contribution in [0.15, 0.2) is 66.7 Å². The van der Waals surface area contributed by atoms with Crippen LogP contribution in [0.2, 0.25) is 0 Å². The molecule has 1 unspecified atom stereocenters. The van der Waals surface area contributed by atoms with E-state index in [1.54, 1.807) is 12.1 Å². The molecule has 6 rings (SSSR count). The number of hydrogen-bond acceptors (Lipinski definition) is 4. The first-order chi connectivity index (χ1) is 17.6. The maximum absolute atomic E-state index is 14.9. The lowest BCUT2D eigenvalue weighted by Gasteiger charge is -2.31. The Bertz CT molecular complexity index is 1420. The first-order valence-corrected chi connectivity index (χ1v) is 12.4. The number of nitrogens with zero attached hydrogens (tertiary/aromatic N) is 1. The fraction of sp³-hybridized carbons (Fsp3) is 0.267. The van der Waals surface area contributed by atoms with Gasteiger partial charge in [-0.05, 0) is 72.1 Å². The van der Waals surface area contributed by atoms with Crippen LogP contribution < -0.4 is 9.47 Å². The number of phenols is 1. The molecule has 192 valence electrons. The largest absolute Gasteiger partial charge is 0.508 e. The van der Waals surface area contributed by atoms with Crippen LogP contribution in [0.1, 0.15) is 36.5 Å². The van der Waals surface area contributed by atoms with E-state index in [0.717, 1.165) is 53.3 Å². The van der Waals surface area contributed by atoms with E-state index in [1.165, 1.54) is 25.3 Å². The zero-order valence-corrected chi connectivity index (χ0v) is 21.1. The summed E-state index contributed by atoms with van der Waals surface area (Å²) in [6, 6.07) is 18.5. The third-order valence-electron chi connectivity index (χ3n) is 7.15. The summed E-state index contributed by atoms with van der Waals surface area (Å²) in [6.07, 6.45) is 3.24. The third kappa shape index (κ3) is 4.96. The highest BCUT2D eigenvalue weighted by Gasteiger charge is 2.32. The van der Waals surface area contributed by atoms with Crippen molar-refractivity contribution in [3.8, 4) is 28.4 Å². The van der Waals surface area contributed by atoms with E-state index in [1.807, 2.05) is 42.5 Å². The standard InChI is InChI=1S/C30H27F2NO3.ClH/c31-21-17-26(32)29-25-10-6-20-16-22(34)7-11-24(20)28(25)30(36-27(29)18-21)19-4-8-23(9-5-19)35-15-14-33-12-2-1-3-13-33;/h4-11,16-18,30,34H,1-3,12-15H2;1H. The minimum absolute atomic E-state index is 0. The molecule has 0 bridgehead atoms. The van der Waals surface area contributed by atoms with E-state index < -0.39 is 17.7 Å². The fourth-order valence-corrected chi connectivity index (χ4v) is 5.38. The van der Waals surface area contributed by atoms with Crippen LogP contribution in [0.25, 0.3) is 21.9 Å². The van der Waals surface area contributed by atoms with E-state index in [9.17, 15) is 13.9 Å². The fourth-order valence-electron chi connectivity index (χ4n) is 5.38. The van der Waals surface area contributed by atoms with Gasteiger partial charge in [-0.2, -0.15) is 0 Å². The number of piperidine rings is 1. The first-order valence-electron chi connectivity index (χ1n) is 12.4. The third-order valence-corrected chi connectivity index (χ3v) is 7.15. The zero-order chi connectivity index (χ0) is 24.6. The lowest BCUT2D eigenvalue weighted by Crippen LogP contribution is -2.33. The molecule has 37 heavy (non-hydrogen) atoms. The number of likely N-dealkylation sites (tertiary alicyclic amines) is 1. The molecule has 2 heterocycles. The van der Waals surface area contributed by atoms with Gasteiger partial charge in [0.05, 0.1) is 5.56 Å². The van der Waals surface area contributed by atoms with Crippen LogP contribution in [-0.4, -0.2) is 36.2 Å². The Balaban J connectivity index is 0.00000280. The topological polar surface area (TPSA) is 41.9 Å². The molecule has 1 fully saturated rings. The van der Waals surface area contributed by atoms with E-state index in [4.69, 9.17) is 9.47 Å². The molecule has 4 aromatic rings. The molecule has 0 aromatic heterocycles. The Hall–Kier alpha value is -3.35. The lowest BCUT2D eigenvalue weighted by molar-refractivity contribution is 0.183. The number of rotatable bonds is 5. The Morgan fingerprint density at radius 3 is 2.49 bits per heavy atom.